The summed E-state index contributed by atoms with van der Waals surface area (Å²) >= 11 is 1.95. The van der Waals surface area contributed by atoms with Crippen LogP contribution in [0.1, 0.15) is 25.7 Å². The predicted molar refractivity (Wildman–Crippen MR) is 46.9 cm³/mol. The second-order valence-electron chi connectivity index (χ2n) is 3.01. The number of rotatable bonds is 2. The molecular weight excluding hydrogens is 160 g/mol. The minimum atomic E-state index is -0.637. The summed E-state index contributed by atoms with van der Waals surface area (Å²) in [6, 6.07) is 0. The highest BCUT2D eigenvalue weighted by Crippen LogP contribution is 2.24. The van der Waals surface area contributed by atoms with E-state index in [2.05, 4.69) is 0 Å². The van der Waals surface area contributed by atoms with Crippen molar-refractivity contribution in [2.24, 2.45) is 5.92 Å². The molecule has 1 heterocycles. The maximum absolute atomic E-state index is 10.4. The van der Waals surface area contributed by atoms with E-state index < -0.39 is 5.97 Å². The lowest BCUT2D eigenvalue weighted by Gasteiger charge is -2.08. The standard InChI is InChI=1S/C8H14O2S/c9-8(10)6-7-2-1-4-11-5-3-7/h7H,1-6H2,(H,9,10). The highest BCUT2D eigenvalue weighted by atomic mass is 32.2. The Bertz CT molecular complexity index is 128. The van der Waals surface area contributed by atoms with Gasteiger partial charge >= 0.3 is 5.97 Å². The normalized spacial score (nSPS) is 26.0. The number of carbonyl (C=O) groups is 1. The first-order valence-corrected chi connectivity index (χ1v) is 5.24. The van der Waals surface area contributed by atoms with E-state index in [-0.39, 0.29) is 0 Å². The van der Waals surface area contributed by atoms with Crippen LogP contribution in [-0.4, -0.2) is 22.6 Å². The van der Waals surface area contributed by atoms with E-state index in [1.54, 1.807) is 0 Å². The summed E-state index contributed by atoms with van der Waals surface area (Å²) in [6.07, 6.45) is 3.78. The second-order valence-corrected chi connectivity index (χ2v) is 4.23. The van der Waals surface area contributed by atoms with Gasteiger partial charge in [0.1, 0.15) is 0 Å². The van der Waals surface area contributed by atoms with Crippen LogP contribution in [0, 0.1) is 5.92 Å². The van der Waals surface area contributed by atoms with E-state index in [1.165, 1.54) is 12.2 Å². The van der Waals surface area contributed by atoms with Crippen molar-refractivity contribution in [2.75, 3.05) is 11.5 Å². The van der Waals surface area contributed by atoms with Crippen LogP contribution < -0.4 is 0 Å². The molecule has 1 fully saturated rings. The van der Waals surface area contributed by atoms with Gasteiger partial charge in [-0.1, -0.05) is 0 Å². The summed E-state index contributed by atoms with van der Waals surface area (Å²) in [7, 11) is 0. The third-order valence-electron chi connectivity index (χ3n) is 2.03. The summed E-state index contributed by atoms with van der Waals surface area (Å²) in [6.45, 7) is 0. The zero-order chi connectivity index (χ0) is 8.10. The Labute approximate surface area is 71.4 Å². The van der Waals surface area contributed by atoms with Gasteiger partial charge in [0.2, 0.25) is 0 Å². The molecule has 0 aromatic carbocycles. The molecule has 1 aliphatic rings. The van der Waals surface area contributed by atoms with Crippen molar-refractivity contribution in [3.8, 4) is 0 Å². The molecule has 11 heavy (non-hydrogen) atoms. The molecule has 1 N–H and O–H groups in total. The Kier molecular flexibility index (Phi) is 3.77. The summed E-state index contributed by atoms with van der Waals surface area (Å²) in [5.41, 5.74) is 0. The SMILES string of the molecule is O=C(O)CC1CCCSCC1. The van der Waals surface area contributed by atoms with Crippen LogP contribution >= 0.6 is 11.8 Å². The van der Waals surface area contributed by atoms with Gasteiger partial charge in [-0.3, -0.25) is 4.79 Å². The Hall–Kier alpha value is -0.180. The van der Waals surface area contributed by atoms with Crippen LogP contribution in [0.5, 0.6) is 0 Å². The van der Waals surface area contributed by atoms with E-state index in [1.807, 2.05) is 11.8 Å². The fourth-order valence-electron chi connectivity index (χ4n) is 1.42. The van der Waals surface area contributed by atoms with Crippen LogP contribution in [-0.2, 0) is 4.79 Å². The average Bonchev–Trinajstić information content (AvgIpc) is 2.14. The van der Waals surface area contributed by atoms with E-state index in [0.717, 1.165) is 18.6 Å². The lowest BCUT2D eigenvalue weighted by Crippen LogP contribution is -2.07. The largest absolute Gasteiger partial charge is 0.481 e. The number of thioether (sulfide) groups is 1. The lowest BCUT2D eigenvalue weighted by molar-refractivity contribution is -0.138. The average molecular weight is 174 g/mol. The fourth-order valence-corrected chi connectivity index (χ4v) is 2.50. The molecule has 2 nitrogen and oxygen atoms in total. The molecule has 0 aliphatic carbocycles. The van der Waals surface area contributed by atoms with E-state index in [4.69, 9.17) is 5.11 Å². The van der Waals surface area contributed by atoms with Gasteiger partial charge in [-0.2, -0.15) is 11.8 Å². The predicted octanol–water partition coefficient (Wildman–Crippen LogP) is 1.99. The van der Waals surface area contributed by atoms with Gasteiger partial charge in [0.25, 0.3) is 0 Å². The Morgan fingerprint density at radius 3 is 3.00 bits per heavy atom. The molecule has 0 amide bonds. The van der Waals surface area contributed by atoms with Crippen molar-refractivity contribution in [1.82, 2.24) is 0 Å². The summed E-state index contributed by atoms with van der Waals surface area (Å²) in [4.78, 5) is 10.4. The van der Waals surface area contributed by atoms with Gasteiger partial charge in [0.05, 0.1) is 0 Å². The monoisotopic (exact) mass is 174 g/mol. The van der Waals surface area contributed by atoms with Gasteiger partial charge in [-0.25, -0.2) is 0 Å². The highest BCUT2D eigenvalue weighted by Gasteiger charge is 2.14. The van der Waals surface area contributed by atoms with Crippen molar-refractivity contribution >= 4 is 17.7 Å². The summed E-state index contributed by atoms with van der Waals surface area (Å²) < 4.78 is 0. The molecule has 0 aromatic heterocycles. The molecule has 3 heteroatoms. The number of aliphatic carboxylic acids is 1. The third-order valence-corrected chi connectivity index (χ3v) is 3.14. The first-order valence-electron chi connectivity index (χ1n) is 4.08. The Morgan fingerprint density at radius 1 is 1.45 bits per heavy atom. The topological polar surface area (TPSA) is 37.3 Å². The molecule has 1 rings (SSSR count). The molecule has 1 atom stereocenters. The molecule has 64 valence electrons. The van der Waals surface area contributed by atoms with Crippen molar-refractivity contribution in [1.29, 1.82) is 0 Å². The molecule has 1 aliphatic heterocycles. The van der Waals surface area contributed by atoms with E-state index in [9.17, 15) is 4.79 Å². The Balaban J connectivity index is 2.25. The van der Waals surface area contributed by atoms with Gasteiger partial charge in [0, 0.05) is 6.42 Å². The van der Waals surface area contributed by atoms with Crippen molar-refractivity contribution in [3.05, 3.63) is 0 Å². The molecule has 0 bridgehead atoms. The quantitative estimate of drug-likeness (QED) is 0.695. The maximum Gasteiger partial charge on any atom is 0.303 e. The zero-order valence-electron chi connectivity index (χ0n) is 6.58. The number of hydrogen-bond acceptors (Lipinski definition) is 2. The van der Waals surface area contributed by atoms with Gasteiger partial charge in [0.15, 0.2) is 0 Å². The first kappa shape index (κ1) is 8.91. The molecule has 0 spiro atoms. The zero-order valence-corrected chi connectivity index (χ0v) is 7.40. The van der Waals surface area contributed by atoms with Crippen molar-refractivity contribution < 1.29 is 9.90 Å². The van der Waals surface area contributed by atoms with Gasteiger partial charge < -0.3 is 5.11 Å². The lowest BCUT2D eigenvalue weighted by atomic mass is 9.97. The van der Waals surface area contributed by atoms with Crippen LogP contribution in [0.2, 0.25) is 0 Å². The highest BCUT2D eigenvalue weighted by molar-refractivity contribution is 7.99. The number of carboxylic acids is 1. The van der Waals surface area contributed by atoms with Crippen LogP contribution in [0.3, 0.4) is 0 Å². The molecule has 0 aromatic rings. The molecule has 1 saturated heterocycles. The van der Waals surface area contributed by atoms with Crippen LogP contribution in [0.25, 0.3) is 0 Å². The smallest absolute Gasteiger partial charge is 0.303 e. The second kappa shape index (κ2) is 4.65. The van der Waals surface area contributed by atoms with Gasteiger partial charge in [-0.15, -0.1) is 0 Å². The van der Waals surface area contributed by atoms with Crippen molar-refractivity contribution in [3.63, 3.8) is 0 Å². The summed E-state index contributed by atoms with van der Waals surface area (Å²) in [5, 5.41) is 8.55. The fraction of sp³-hybridized carbons (Fsp3) is 0.875. The van der Waals surface area contributed by atoms with E-state index >= 15 is 0 Å². The van der Waals surface area contributed by atoms with E-state index in [0.29, 0.717) is 12.3 Å². The van der Waals surface area contributed by atoms with Crippen LogP contribution in [0.4, 0.5) is 0 Å². The molecular formula is C8H14O2S. The number of carboxylic acid groups (broad SMARTS) is 1. The maximum atomic E-state index is 10.4. The number of hydrogen-bond donors (Lipinski definition) is 1. The van der Waals surface area contributed by atoms with Crippen LogP contribution in [0.15, 0.2) is 0 Å². The molecule has 1 unspecified atom stereocenters. The Morgan fingerprint density at radius 2 is 2.27 bits per heavy atom. The minimum Gasteiger partial charge on any atom is -0.481 e. The minimum absolute atomic E-state index is 0.376. The van der Waals surface area contributed by atoms with Crippen molar-refractivity contribution in [2.45, 2.75) is 25.7 Å². The van der Waals surface area contributed by atoms with Gasteiger partial charge in [-0.05, 0) is 36.7 Å². The first-order chi connectivity index (χ1) is 5.29. The summed E-state index contributed by atoms with van der Waals surface area (Å²) in [5.74, 6) is 2.18. The third kappa shape index (κ3) is 3.65. The molecule has 0 radical (unpaired) electrons. The molecule has 0 saturated carbocycles.